The molecule has 0 saturated heterocycles. The molecule has 5 heteroatoms. The van der Waals surface area contributed by atoms with Gasteiger partial charge in [-0.15, -0.1) is 0 Å². The van der Waals surface area contributed by atoms with Crippen LogP contribution in [0.25, 0.3) is 0 Å². The molecule has 1 N–H and O–H groups in total. The fourth-order valence-electron chi connectivity index (χ4n) is 0.438. The van der Waals surface area contributed by atoms with Gasteiger partial charge in [-0.05, 0) is 0 Å². The van der Waals surface area contributed by atoms with Gasteiger partial charge in [0.25, 0.3) is 0 Å². The maximum atomic E-state index is 10.6. The second kappa shape index (κ2) is 2.81. The van der Waals surface area contributed by atoms with Crippen LogP contribution in [0.3, 0.4) is 0 Å². The van der Waals surface area contributed by atoms with Crippen LogP contribution in [0.5, 0.6) is 0 Å². The minimum Gasteiger partial charge on any atom is -0.281 e. The molecule has 0 heterocycles. The predicted molar refractivity (Wildman–Crippen MR) is 42.0 cm³/mol. The van der Waals surface area contributed by atoms with E-state index >= 15 is 0 Å². The topological polar surface area (TPSA) is 54.4 Å². The molecule has 0 aromatic heterocycles. The Morgan fingerprint density at radius 3 is 2.00 bits per heavy atom. The lowest BCUT2D eigenvalue weighted by Crippen LogP contribution is -2.47. The van der Waals surface area contributed by atoms with Crippen molar-refractivity contribution in [1.29, 1.82) is 0 Å². The van der Waals surface area contributed by atoms with Crippen LogP contribution >= 0.6 is 0 Å². The van der Waals surface area contributed by atoms with Gasteiger partial charge in [0.15, 0.2) is 0 Å². The van der Waals surface area contributed by atoms with Crippen molar-refractivity contribution in [1.82, 2.24) is 0 Å². The van der Waals surface area contributed by atoms with Gasteiger partial charge in [-0.25, -0.2) is 4.48 Å². The molecule has 1 atom stereocenters. The fourth-order valence-corrected chi connectivity index (χ4v) is 1.16. The smallest absolute Gasteiger partial charge is 0.281 e. The first kappa shape index (κ1) is 10.4. The van der Waals surface area contributed by atoms with Crippen molar-refractivity contribution in [2.24, 2.45) is 0 Å². The van der Waals surface area contributed by atoms with E-state index in [1.165, 1.54) is 21.0 Å². The average molecular weight is 178 g/mol. The van der Waals surface area contributed by atoms with Gasteiger partial charge in [0.05, 0.1) is 14.1 Å². The molecule has 64 valence electrons. The van der Waals surface area contributed by atoms with Crippen molar-refractivity contribution in [3.63, 3.8) is 0 Å². The van der Waals surface area contributed by atoms with Crippen LogP contribution in [0, 0.1) is 12.5 Å². The van der Waals surface area contributed by atoms with E-state index in [1.807, 2.05) is 0 Å². The van der Waals surface area contributed by atoms with E-state index < -0.39 is 15.5 Å². The summed E-state index contributed by atoms with van der Waals surface area (Å²) >= 11 is 0. The van der Waals surface area contributed by atoms with Crippen molar-refractivity contribution in [2.45, 2.75) is 12.3 Å². The molecule has 0 spiro atoms. The third kappa shape index (κ3) is 2.50. The van der Waals surface area contributed by atoms with E-state index in [0.717, 1.165) is 0 Å². The Kier molecular flexibility index (Phi) is 2.67. The molecular formula is C6H12NO3S+. The second-order valence-corrected chi connectivity index (χ2v) is 4.50. The van der Waals surface area contributed by atoms with Crippen LogP contribution in [-0.4, -0.2) is 36.9 Å². The number of quaternary nitrogens is 1. The number of rotatable bonds is 2. The first-order valence-corrected chi connectivity index (χ1v) is 4.50. The molecule has 0 aliphatic rings. The molecule has 0 aromatic carbocycles. The largest absolute Gasteiger partial charge is 0.320 e. The maximum Gasteiger partial charge on any atom is 0.320 e. The van der Waals surface area contributed by atoms with Gasteiger partial charge in [0.2, 0.25) is 5.37 Å². The summed E-state index contributed by atoms with van der Waals surface area (Å²) in [7, 11) is -0.990. The number of hydrogen-bond donors (Lipinski definition) is 1. The van der Waals surface area contributed by atoms with Crippen molar-refractivity contribution >= 4 is 10.1 Å². The summed E-state index contributed by atoms with van der Waals surface area (Å²) in [6, 6.07) is 2.25. The minimum absolute atomic E-state index is 0.196. The Balaban J connectivity index is 4.82. The van der Waals surface area contributed by atoms with Crippen LogP contribution in [0.4, 0.5) is 0 Å². The zero-order valence-electron chi connectivity index (χ0n) is 6.77. The summed E-state index contributed by atoms with van der Waals surface area (Å²) in [5.41, 5.74) is 0. The number of hydrogen-bond acceptors (Lipinski definition) is 2. The highest BCUT2D eigenvalue weighted by atomic mass is 32.2. The molecule has 0 bridgehead atoms. The predicted octanol–water partition coefficient (Wildman–Crippen LogP) is -0.113. The number of nitrogens with zero attached hydrogens (tertiary/aromatic N) is 1. The normalized spacial score (nSPS) is 15.5. The highest BCUT2D eigenvalue weighted by Gasteiger charge is 2.33. The first-order chi connectivity index (χ1) is 4.72. The molecule has 0 aromatic rings. The lowest BCUT2D eigenvalue weighted by Gasteiger charge is -2.25. The van der Waals surface area contributed by atoms with Gasteiger partial charge in [-0.3, -0.25) is 4.55 Å². The van der Waals surface area contributed by atoms with Crippen LogP contribution in [0.1, 0.15) is 6.92 Å². The summed E-state index contributed by atoms with van der Waals surface area (Å²) in [5.74, 6) is 0. The van der Waals surface area contributed by atoms with Crippen LogP contribution in [0.2, 0.25) is 0 Å². The molecule has 11 heavy (non-hydrogen) atoms. The standard InChI is InChI=1S/C6H11NO3S/c1-5-7(3,4)6(2)11(8,9)10/h1,6H,2-4H3/p+1. The lowest BCUT2D eigenvalue weighted by molar-refractivity contribution is -0.832. The van der Waals surface area contributed by atoms with Gasteiger partial charge in [0, 0.05) is 6.92 Å². The average Bonchev–Trinajstić information content (AvgIpc) is 1.84. The van der Waals surface area contributed by atoms with Crippen molar-refractivity contribution in [2.75, 3.05) is 14.1 Å². The highest BCUT2D eigenvalue weighted by molar-refractivity contribution is 7.86. The van der Waals surface area contributed by atoms with Gasteiger partial charge in [-0.1, -0.05) is 6.42 Å². The zero-order chi connectivity index (χ0) is 9.28. The van der Waals surface area contributed by atoms with E-state index in [1.54, 1.807) is 0 Å². The van der Waals surface area contributed by atoms with E-state index in [2.05, 4.69) is 6.04 Å². The van der Waals surface area contributed by atoms with Crippen LogP contribution in [0.15, 0.2) is 0 Å². The zero-order valence-corrected chi connectivity index (χ0v) is 7.59. The molecule has 0 rings (SSSR count). The molecule has 0 aliphatic carbocycles. The Hall–Kier alpha value is -0.570. The summed E-state index contributed by atoms with van der Waals surface area (Å²) in [4.78, 5) is 0. The highest BCUT2D eigenvalue weighted by Crippen LogP contribution is 2.09. The van der Waals surface area contributed by atoms with Gasteiger partial charge >= 0.3 is 10.1 Å². The van der Waals surface area contributed by atoms with Crippen molar-refractivity contribution in [3.8, 4) is 12.5 Å². The molecule has 0 saturated carbocycles. The lowest BCUT2D eigenvalue weighted by atomic mass is 10.5. The Morgan fingerprint density at radius 2 is 1.91 bits per heavy atom. The van der Waals surface area contributed by atoms with E-state index in [-0.39, 0.29) is 4.48 Å². The van der Waals surface area contributed by atoms with E-state index in [9.17, 15) is 8.42 Å². The molecule has 1 unspecified atom stereocenters. The van der Waals surface area contributed by atoms with E-state index in [0.29, 0.717) is 0 Å². The van der Waals surface area contributed by atoms with Gasteiger partial charge in [0.1, 0.15) is 6.04 Å². The molecule has 4 nitrogen and oxygen atoms in total. The Bertz CT molecular complexity index is 273. The van der Waals surface area contributed by atoms with Crippen molar-refractivity contribution < 1.29 is 17.5 Å². The second-order valence-electron chi connectivity index (χ2n) is 2.78. The monoisotopic (exact) mass is 178 g/mol. The third-order valence-corrected chi connectivity index (χ3v) is 3.06. The van der Waals surface area contributed by atoms with Gasteiger partial charge in [-0.2, -0.15) is 8.42 Å². The molecule has 0 amide bonds. The maximum absolute atomic E-state index is 10.6. The molecular weight excluding hydrogens is 166 g/mol. The Morgan fingerprint density at radius 1 is 1.55 bits per heavy atom. The summed E-state index contributed by atoms with van der Waals surface area (Å²) in [5, 5.41) is -0.993. The Labute approximate surface area is 67.2 Å². The number of terminal acetylenes is 1. The molecule has 0 fully saturated rings. The summed E-state index contributed by atoms with van der Waals surface area (Å²) in [6.07, 6.45) is 5.05. The molecule has 0 radical (unpaired) electrons. The third-order valence-electron chi connectivity index (χ3n) is 1.67. The summed E-state index contributed by atoms with van der Waals surface area (Å²) < 4.78 is 29.6. The minimum atomic E-state index is -4.04. The quantitative estimate of drug-likeness (QED) is 0.364. The summed E-state index contributed by atoms with van der Waals surface area (Å²) in [6.45, 7) is 1.36. The van der Waals surface area contributed by atoms with Crippen LogP contribution < -0.4 is 0 Å². The first-order valence-electron chi connectivity index (χ1n) is 2.99. The molecule has 0 aliphatic heterocycles. The van der Waals surface area contributed by atoms with Gasteiger partial charge < -0.3 is 0 Å². The SMILES string of the molecule is C#C[N+](C)(C)C(C)S(=O)(=O)O. The van der Waals surface area contributed by atoms with Crippen molar-refractivity contribution in [3.05, 3.63) is 0 Å². The van der Waals surface area contributed by atoms with Crippen LogP contribution in [-0.2, 0) is 10.1 Å². The van der Waals surface area contributed by atoms with E-state index in [4.69, 9.17) is 11.0 Å². The fraction of sp³-hybridized carbons (Fsp3) is 0.667.